The van der Waals surface area contributed by atoms with Crippen LogP contribution < -0.4 is 0 Å². The second-order valence-electron chi connectivity index (χ2n) is 4.71. The predicted molar refractivity (Wildman–Crippen MR) is 79.0 cm³/mol. The van der Waals surface area contributed by atoms with Crippen molar-refractivity contribution in [3.05, 3.63) is 72.2 Å². The Labute approximate surface area is 122 Å². The van der Waals surface area contributed by atoms with Gasteiger partial charge in [-0.1, -0.05) is 30.3 Å². The Morgan fingerprint density at radius 3 is 2.57 bits per heavy atom. The highest BCUT2D eigenvalue weighted by molar-refractivity contribution is 7.90. The minimum atomic E-state index is -3.61. The Morgan fingerprint density at radius 1 is 0.952 bits per heavy atom. The van der Waals surface area contributed by atoms with Gasteiger partial charge in [-0.15, -0.1) is 0 Å². The van der Waals surface area contributed by atoms with E-state index in [1.807, 2.05) is 30.3 Å². The fourth-order valence-electron chi connectivity index (χ4n) is 2.13. The summed E-state index contributed by atoms with van der Waals surface area (Å²) in [5, 5.41) is 0.949. The van der Waals surface area contributed by atoms with Gasteiger partial charge in [0, 0.05) is 5.39 Å². The molecule has 3 nitrogen and oxygen atoms in total. The van der Waals surface area contributed by atoms with Crippen molar-refractivity contribution < 1.29 is 12.8 Å². The van der Waals surface area contributed by atoms with Crippen LogP contribution >= 0.6 is 0 Å². The van der Waals surface area contributed by atoms with Gasteiger partial charge in [-0.25, -0.2) is 12.8 Å². The molecule has 0 aliphatic rings. The van der Waals surface area contributed by atoms with Crippen LogP contribution in [0, 0.1) is 5.82 Å². The third-order valence-electron chi connectivity index (χ3n) is 3.15. The number of hydrogen-bond acceptors (Lipinski definition) is 3. The van der Waals surface area contributed by atoms with Crippen molar-refractivity contribution in [3.63, 3.8) is 0 Å². The van der Waals surface area contributed by atoms with Crippen molar-refractivity contribution in [3.8, 4) is 0 Å². The van der Waals surface area contributed by atoms with E-state index >= 15 is 0 Å². The van der Waals surface area contributed by atoms with E-state index in [1.165, 1.54) is 18.2 Å². The summed E-state index contributed by atoms with van der Waals surface area (Å²) < 4.78 is 37.7. The normalized spacial score (nSPS) is 11.7. The van der Waals surface area contributed by atoms with Gasteiger partial charge in [-0.05, 0) is 30.3 Å². The number of benzene rings is 2. The van der Waals surface area contributed by atoms with Crippen molar-refractivity contribution >= 4 is 20.7 Å². The van der Waals surface area contributed by atoms with Gasteiger partial charge in [0.25, 0.3) is 0 Å². The molecule has 3 rings (SSSR count). The largest absolute Gasteiger partial charge is 0.252 e. The van der Waals surface area contributed by atoms with Crippen molar-refractivity contribution in [2.24, 2.45) is 0 Å². The van der Waals surface area contributed by atoms with E-state index in [0.717, 1.165) is 17.0 Å². The van der Waals surface area contributed by atoms with Crippen LogP contribution in [-0.2, 0) is 15.6 Å². The lowest BCUT2D eigenvalue weighted by atomic mass is 10.2. The van der Waals surface area contributed by atoms with E-state index in [2.05, 4.69) is 4.98 Å². The van der Waals surface area contributed by atoms with Gasteiger partial charge in [0.05, 0.1) is 21.9 Å². The molecule has 0 saturated heterocycles. The number of pyridine rings is 1. The molecule has 3 aromatic rings. The summed E-state index contributed by atoms with van der Waals surface area (Å²) in [6, 6.07) is 16.0. The van der Waals surface area contributed by atoms with E-state index in [9.17, 15) is 12.8 Å². The van der Waals surface area contributed by atoms with Crippen LogP contribution in [0.15, 0.2) is 65.6 Å². The molecule has 1 heterocycles. The SMILES string of the molecule is O=S(=O)(Cc1ccc2ccccc2n1)c1cccc(F)c1. The summed E-state index contributed by atoms with van der Waals surface area (Å²) in [4.78, 5) is 4.31. The Balaban J connectivity index is 1.97. The van der Waals surface area contributed by atoms with Crippen LogP contribution in [0.4, 0.5) is 4.39 Å². The highest BCUT2D eigenvalue weighted by Gasteiger charge is 2.17. The van der Waals surface area contributed by atoms with Gasteiger partial charge < -0.3 is 0 Å². The van der Waals surface area contributed by atoms with E-state index in [0.29, 0.717) is 5.69 Å². The zero-order valence-electron chi connectivity index (χ0n) is 11.0. The van der Waals surface area contributed by atoms with E-state index in [1.54, 1.807) is 6.07 Å². The van der Waals surface area contributed by atoms with Crippen LogP contribution in [0.3, 0.4) is 0 Å². The lowest BCUT2D eigenvalue weighted by molar-refractivity contribution is 0.589. The monoisotopic (exact) mass is 301 g/mol. The number of para-hydroxylation sites is 1. The minimum absolute atomic E-state index is 0.0301. The maximum Gasteiger partial charge on any atom is 0.184 e. The van der Waals surface area contributed by atoms with Crippen LogP contribution in [0.2, 0.25) is 0 Å². The van der Waals surface area contributed by atoms with Crippen molar-refractivity contribution in [2.45, 2.75) is 10.6 Å². The van der Waals surface area contributed by atoms with Gasteiger partial charge in [-0.2, -0.15) is 0 Å². The number of hydrogen-bond donors (Lipinski definition) is 0. The molecule has 0 N–H and O–H groups in total. The molecule has 0 spiro atoms. The van der Waals surface area contributed by atoms with Crippen LogP contribution in [0.1, 0.15) is 5.69 Å². The maximum absolute atomic E-state index is 13.2. The molecule has 0 saturated carbocycles. The van der Waals surface area contributed by atoms with Gasteiger partial charge in [0.15, 0.2) is 9.84 Å². The zero-order valence-corrected chi connectivity index (χ0v) is 11.8. The van der Waals surface area contributed by atoms with Gasteiger partial charge in [0.2, 0.25) is 0 Å². The zero-order chi connectivity index (χ0) is 14.9. The lowest BCUT2D eigenvalue weighted by Gasteiger charge is -2.05. The molecule has 0 aliphatic heterocycles. The minimum Gasteiger partial charge on any atom is -0.252 e. The first kappa shape index (κ1) is 13.7. The lowest BCUT2D eigenvalue weighted by Crippen LogP contribution is -2.06. The highest BCUT2D eigenvalue weighted by Crippen LogP contribution is 2.18. The summed E-state index contributed by atoms with van der Waals surface area (Å²) >= 11 is 0. The number of nitrogens with zero attached hydrogens (tertiary/aromatic N) is 1. The average molecular weight is 301 g/mol. The Kier molecular flexibility index (Phi) is 3.43. The summed E-state index contributed by atoms with van der Waals surface area (Å²) in [6.45, 7) is 0. The van der Waals surface area contributed by atoms with Crippen molar-refractivity contribution in [1.82, 2.24) is 4.98 Å². The third kappa shape index (κ3) is 2.92. The molecule has 1 aromatic heterocycles. The smallest absolute Gasteiger partial charge is 0.184 e. The summed E-state index contributed by atoms with van der Waals surface area (Å²) in [6.07, 6.45) is 0. The fraction of sp³-hybridized carbons (Fsp3) is 0.0625. The standard InChI is InChI=1S/C16H12FNO2S/c17-13-5-3-6-15(10-13)21(19,20)11-14-9-8-12-4-1-2-7-16(12)18-14/h1-10H,11H2. The Bertz CT molecular complexity index is 907. The Morgan fingerprint density at radius 2 is 1.76 bits per heavy atom. The molecule has 0 fully saturated rings. The Hall–Kier alpha value is -2.27. The third-order valence-corrected chi connectivity index (χ3v) is 4.80. The number of sulfone groups is 1. The van der Waals surface area contributed by atoms with Crippen LogP contribution in [0.25, 0.3) is 10.9 Å². The number of aromatic nitrogens is 1. The molecule has 0 atom stereocenters. The molecule has 0 unspecified atom stereocenters. The van der Waals surface area contributed by atoms with Crippen molar-refractivity contribution in [2.75, 3.05) is 0 Å². The second kappa shape index (κ2) is 5.26. The molecule has 0 bridgehead atoms. The molecule has 106 valence electrons. The first-order valence-corrected chi connectivity index (χ1v) is 8.03. The quantitative estimate of drug-likeness (QED) is 0.745. The summed E-state index contributed by atoms with van der Waals surface area (Å²) in [5.74, 6) is -0.816. The maximum atomic E-state index is 13.2. The molecular weight excluding hydrogens is 289 g/mol. The van der Waals surface area contributed by atoms with Crippen LogP contribution in [-0.4, -0.2) is 13.4 Å². The van der Waals surface area contributed by atoms with Gasteiger partial charge in [0.1, 0.15) is 5.82 Å². The van der Waals surface area contributed by atoms with E-state index < -0.39 is 15.7 Å². The second-order valence-corrected chi connectivity index (χ2v) is 6.70. The van der Waals surface area contributed by atoms with E-state index in [4.69, 9.17) is 0 Å². The van der Waals surface area contributed by atoms with Gasteiger partial charge >= 0.3 is 0 Å². The fourth-order valence-corrected chi connectivity index (χ4v) is 3.42. The highest BCUT2D eigenvalue weighted by atomic mass is 32.2. The average Bonchev–Trinajstić information content (AvgIpc) is 2.47. The summed E-state index contributed by atoms with van der Waals surface area (Å²) in [7, 11) is -3.61. The van der Waals surface area contributed by atoms with E-state index in [-0.39, 0.29) is 10.6 Å². The first-order chi connectivity index (χ1) is 10.0. The topological polar surface area (TPSA) is 47.0 Å². The number of halogens is 1. The summed E-state index contributed by atoms with van der Waals surface area (Å²) in [5.41, 5.74) is 1.18. The molecule has 0 radical (unpaired) electrons. The first-order valence-electron chi connectivity index (χ1n) is 6.38. The molecule has 5 heteroatoms. The predicted octanol–water partition coefficient (Wildman–Crippen LogP) is 3.35. The molecule has 2 aromatic carbocycles. The number of rotatable bonds is 3. The molecule has 0 aliphatic carbocycles. The molecule has 21 heavy (non-hydrogen) atoms. The van der Waals surface area contributed by atoms with Crippen LogP contribution in [0.5, 0.6) is 0 Å². The molecule has 0 amide bonds. The van der Waals surface area contributed by atoms with Gasteiger partial charge in [-0.3, -0.25) is 4.98 Å². The number of fused-ring (bicyclic) bond motifs is 1. The van der Waals surface area contributed by atoms with Crippen molar-refractivity contribution in [1.29, 1.82) is 0 Å². The molecular formula is C16H12FNO2S.